The van der Waals surface area contributed by atoms with Crippen molar-refractivity contribution in [2.24, 2.45) is 0 Å². The summed E-state index contributed by atoms with van der Waals surface area (Å²) in [7, 11) is 0. The van der Waals surface area contributed by atoms with E-state index >= 15 is 0 Å². The van der Waals surface area contributed by atoms with E-state index in [0.29, 0.717) is 44.5 Å². The number of hydrogen-bond donors (Lipinski definition) is 4. The molecule has 10 nitrogen and oxygen atoms in total. The first kappa shape index (κ1) is 43.1. The van der Waals surface area contributed by atoms with Crippen molar-refractivity contribution in [3.05, 3.63) is 142 Å². The van der Waals surface area contributed by atoms with Crippen LogP contribution in [0.1, 0.15) is 138 Å². The van der Waals surface area contributed by atoms with Gasteiger partial charge in [-0.3, -0.25) is 19.2 Å². The topological polar surface area (TPSA) is 168 Å². The Morgan fingerprint density at radius 1 is 0.436 bits per heavy atom. The van der Waals surface area contributed by atoms with Crippen LogP contribution >= 0.6 is 0 Å². The highest BCUT2D eigenvalue weighted by Crippen LogP contribution is 2.32. The molecular weight excluding hydrogens is 700 g/mol. The van der Waals surface area contributed by atoms with Gasteiger partial charge in [-0.1, -0.05) is 97.1 Å². The Hall–Kier alpha value is -4.68. The molecule has 4 rings (SSSR count). The van der Waals surface area contributed by atoms with Crippen molar-refractivity contribution >= 4 is 23.1 Å². The van der Waals surface area contributed by atoms with Crippen LogP contribution in [-0.2, 0) is 9.47 Å². The van der Waals surface area contributed by atoms with Gasteiger partial charge in [-0.25, -0.2) is 0 Å². The van der Waals surface area contributed by atoms with Crippen molar-refractivity contribution in [1.29, 1.82) is 0 Å². The Kier molecular flexibility index (Phi) is 13.0. The van der Waals surface area contributed by atoms with Gasteiger partial charge in [0.2, 0.25) is 0 Å². The number of carbonyl (C=O) groups excluding carboxylic acids is 4. The van der Waals surface area contributed by atoms with Crippen LogP contribution in [0.2, 0.25) is 0 Å². The molecule has 1 atom stereocenters. The summed E-state index contributed by atoms with van der Waals surface area (Å²) in [6.07, 6.45) is -1.91. The maximum absolute atomic E-state index is 12.7. The van der Waals surface area contributed by atoms with Crippen molar-refractivity contribution < 1.29 is 49.1 Å². The molecule has 0 aromatic heterocycles. The highest BCUT2D eigenvalue weighted by molar-refractivity contribution is 6.03. The molecule has 292 valence electrons. The number of ether oxygens (including phenoxy) is 2. The van der Waals surface area contributed by atoms with E-state index in [1.54, 1.807) is 97.1 Å². The fourth-order valence-corrected chi connectivity index (χ4v) is 5.89. The number of carbonyl (C=O) groups is 4. The van der Waals surface area contributed by atoms with Gasteiger partial charge in [-0.15, -0.1) is 0 Å². The average molecular weight is 753 g/mol. The zero-order valence-corrected chi connectivity index (χ0v) is 32.9. The molecule has 4 N–H and O–H groups in total. The summed E-state index contributed by atoms with van der Waals surface area (Å²) < 4.78 is 13.1. The van der Waals surface area contributed by atoms with Crippen LogP contribution in [0.25, 0.3) is 0 Å². The van der Waals surface area contributed by atoms with Crippen LogP contribution in [-0.4, -0.2) is 78.7 Å². The van der Waals surface area contributed by atoms with E-state index in [1.807, 2.05) is 6.92 Å². The number of ketones is 4. The van der Waals surface area contributed by atoms with Crippen LogP contribution in [0.5, 0.6) is 0 Å². The Morgan fingerprint density at radius 2 is 0.655 bits per heavy atom. The lowest BCUT2D eigenvalue weighted by Gasteiger charge is -2.27. The number of benzene rings is 4. The van der Waals surface area contributed by atoms with E-state index in [1.165, 1.54) is 55.4 Å². The van der Waals surface area contributed by atoms with Crippen LogP contribution in [0.15, 0.2) is 97.1 Å². The third-order valence-corrected chi connectivity index (χ3v) is 8.99. The Balaban J connectivity index is 1.66. The third-order valence-electron chi connectivity index (χ3n) is 8.99. The molecule has 55 heavy (non-hydrogen) atoms. The van der Waals surface area contributed by atoms with Crippen LogP contribution in [0, 0.1) is 0 Å². The SMILES string of the molecule is CC(COC(c1ccc(C(=O)C(C)(C)O)cc1)c1ccc(C(=O)C(C)(C)O)cc1)OC(c1ccc(C(=O)C(C)(C)O)cc1)c1ccc(C(=O)C(C)(C)O)cc1. The van der Waals surface area contributed by atoms with E-state index in [9.17, 15) is 39.6 Å². The zero-order chi connectivity index (χ0) is 41.1. The van der Waals surface area contributed by atoms with E-state index < -0.39 is 63.8 Å². The molecule has 0 spiro atoms. The summed E-state index contributed by atoms with van der Waals surface area (Å²) in [5.74, 6) is -1.74. The Bertz CT molecular complexity index is 1830. The van der Waals surface area contributed by atoms with Gasteiger partial charge >= 0.3 is 0 Å². The molecule has 0 amide bonds. The molecular formula is C45H52O10. The van der Waals surface area contributed by atoms with E-state index in [2.05, 4.69) is 0 Å². The fourth-order valence-electron chi connectivity index (χ4n) is 5.89. The van der Waals surface area contributed by atoms with Gasteiger partial charge in [0.15, 0.2) is 23.1 Å². The lowest BCUT2D eigenvalue weighted by molar-refractivity contribution is -0.0498. The predicted molar refractivity (Wildman–Crippen MR) is 208 cm³/mol. The summed E-state index contributed by atoms with van der Waals surface area (Å²) in [5, 5.41) is 41.1. The van der Waals surface area contributed by atoms with Gasteiger partial charge in [-0.2, -0.15) is 0 Å². The van der Waals surface area contributed by atoms with Gasteiger partial charge in [0, 0.05) is 22.3 Å². The van der Waals surface area contributed by atoms with Gasteiger partial charge in [0.05, 0.1) is 12.7 Å². The van der Waals surface area contributed by atoms with Crippen LogP contribution in [0.4, 0.5) is 0 Å². The molecule has 0 bridgehead atoms. The molecule has 0 heterocycles. The van der Waals surface area contributed by atoms with Crippen LogP contribution < -0.4 is 0 Å². The molecule has 0 aliphatic carbocycles. The fraction of sp³-hybridized carbons (Fsp3) is 0.378. The van der Waals surface area contributed by atoms with Crippen LogP contribution in [0.3, 0.4) is 0 Å². The highest BCUT2D eigenvalue weighted by atomic mass is 16.5. The lowest BCUT2D eigenvalue weighted by atomic mass is 9.92. The second-order valence-corrected chi connectivity index (χ2v) is 16.1. The summed E-state index contributed by atoms with van der Waals surface area (Å²) >= 11 is 0. The Labute approximate surface area is 322 Å². The highest BCUT2D eigenvalue weighted by Gasteiger charge is 2.30. The number of rotatable bonds is 17. The summed E-state index contributed by atoms with van der Waals surface area (Å²) in [5.41, 5.74) is -2.16. The first-order chi connectivity index (χ1) is 25.4. The van der Waals surface area contributed by atoms with Crippen molar-refractivity contribution in [3.63, 3.8) is 0 Å². The summed E-state index contributed by atoms with van der Waals surface area (Å²) in [6.45, 7) is 13.3. The maximum atomic E-state index is 12.7. The van der Waals surface area contributed by atoms with Gasteiger partial charge in [0.25, 0.3) is 0 Å². The predicted octanol–water partition coefficient (Wildman–Crippen LogP) is 6.80. The summed E-state index contributed by atoms with van der Waals surface area (Å²) in [6, 6.07) is 26.9. The maximum Gasteiger partial charge on any atom is 0.193 e. The number of Topliss-reactive ketones (excluding diaryl/α,β-unsaturated/α-hetero) is 4. The zero-order valence-electron chi connectivity index (χ0n) is 32.9. The van der Waals surface area contributed by atoms with E-state index in [-0.39, 0.29) is 6.61 Å². The largest absolute Gasteiger partial charge is 0.382 e. The Morgan fingerprint density at radius 3 is 0.873 bits per heavy atom. The van der Waals surface area contributed by atoms with Crippen molar-refractivity contribution in [2.75, 3.05) is 6.61 Å². The van der Waals surface area contributed by atoms with E-state index in [4.69, 9.17) is 9.47 Å². The molecule has 0 saturated heterocycles. The van der Waals surface area contributed by atoms with Gasteiger partial charge < -0.3 is 29.9 Å². The molecule has 0 aliphatic heterocycles. The number of hydrogen-bond acceptors (Lipinski definition) is 10. The summed E-state index contributed by atoms with van der Waals surface area (Å²) in [4.78, 5) is 51.0. The second kappa shape index (κ2) is 16.6. The monoisotopic (exact) mass is 752 g/mol. The van der Waals surface area contributed by atoms with Crippen molar-refractivity contribution in [2.45, 2.75) is 103 Å². The van der Waals surface area contributed by atoms with Crippen molar-refractivity contribution in [3.8, 4) is 0 Å². The minimum absolute atomic E-state index is 0.0699. The minimum atomic E-state index is -1.56. The molecule has 1 unspecified atom stereocenters. The second-order valence-electron chi connectivity index (χ2n) is 16.1. The van der Waals surface area contributed by atoms with Gasteiger partial charge in [0.1, 0.15) is 34.6 Å². The molecule has 0 fully saturated rings. The molecule has 0 saturated carbocycles. The van der Waals surface area contributed by atoms with E-state index in [0.717, 1.165) is 0 Å². The van der Waals surface area contributed by atoms with Crippen molar-refractivity contribution in [1.82, 2.24) is 0 Å². The number of aliphatic hydroxyl groups is 4. The minimum Gasteiger partial charge on any atom is -0.382 e. The van der Waals surface area contributed by atoms with Gasteiger partial charge in [-0.05, 0) is 84.6 Å². The molecule has 4 aromatic carbocycles. The standard InChI is InChI=1S/C45H52O10/c1-27(55-37(30-14-22-34(23-15-30)40(48)44(6,7)52)31-16-24-35(25-17-31)41(49)45(8,9)53)26-54-36(28-10-18-32(19-11-28)38(46)42(2,3)50)29-12-20-33(21-13-29)39(47)43(4,5)51/h10-25,27,36-37,50-53H,26H2,1-9H3. The first-order valence-electron chi connectivity index (χ1n) is 18.1. The molecule has 0 aliphatic rings. The quantitative estimate of drug-likeness (QED) is 0.0843. The lowest BCUT2D eigenvalue weighted by Crippen LogP contribution is -2.31. The molecule has 4 aromatic rings. The third kappa shape index (κ3) is 11.0. The molecule has 10 heteroatoms. The average Bonchev–Trinajstić information content (AvgIpc) is 3.12. The smallest absolute Gasteiger partial charge is 0.193 e. The first-order valence-corrected chi connectivity index (χ1v) is 18.1. The normalized spacial score (nSPS) is 13.2. The molecule has 0 radical (unpaired) electrons.